The van der Waals surface area contributed by atoms with Crippen molar-refractivity contribution in [3.8, 4) is 0 Å². The molecule has 0 aromatic heterocycles. The summed E-state index contributed by atoms with van der Waals surface area (Å²) in [5.41, 5.74) is 0. The molecule has 3 heteroatoms. The molecule has 1 nitrogen and oxygen atoms in total. The fourth-order valence-corrected chi connectivity index (χ4v) is 0.744. The second-order valence-corrected chi connectivity index (χ2v) is 2.03. The molecule has 0 fully saturated rings. The predicted octanol–water partition coefficient (Wildman–Crippen LogP) is -1.52. The van der Waals surface area contributed by atoms with Gasteiger partial charge < -0.3 is 15.9 Å². The normalized spacial score (nSPS) is 8.00. The van der Waals surface area contributed by atoms with Crippen LogP contribution in [0.25, 0.3) is 0 Å². The van der Waals surface area contributed by atoms with Crippen LogP contribution >= 0.6 is 0 Å². The Kier molecular flexibility index (Phi) is 5.39. The van der Waals surface area contributed by atoms with Gasteiger partial charge in [0.05, 0.1) is 0 Å². The van der Waals surface area contributed by atoms with Crippen LogP contribution in [0.5, 0.6) is 0 Å². The van der Waals surface area contributed by atoms with Crippen molar-refractivity contribution >= 4 is 11.7 Å². The Morgan fingerprint density at radius 3 is 2.00 bits per heavy atom. The van der Waals surface area contributed by atoms with Gasteiger partial charge in [-0.3, -0.25) is 0 Å². The molecule has 0 heterocycles. The maximum atomic E-state index is 10.0. The van der Waals surface area contributed by atoms with Crippen LogP contribution in [0.1, 0.15) is 0 Å². The minimum atomic E-state index is 0. The first-order valence-corrected chi connectivity index (χ1v) is 3.02. The van der Waals surface area contributed by atoms with E-state index in [1.807, 2.05) is 18.2 Å². The van der Waals surface area contributed by atoms with Gasteiger partial charge >= 0.3 is 29.6 Å². The molecule has 0 radical (unpaired) electrons. The smallest absolute Gasteiger partial charge is 0.480 e. The second kappa shape index (κ2) is 5.18. The summed E-state index contributed by atoms with van der Waals surface area (Å²) in [6, 6.07) is 9.16. The molecule has 42 valence electrons. The first-order valence-electron chi connectivity index (χ1n) is 2.28. The number of hydrogen-bond donors (Lipinski definition) is 0. The molecular weight excluding hydrogens is 143 g/mol. The molecule has 0 atom stereocenters. The van der Waals surface area contributed by atoms with Crippen molar-refractivity contribution in [1.82, 2.24) is 0 Å². The first kappa shape index (κ1) is 9.37. The molecule has 0 aliphatic carbocycles. The summed E-state index contributed by atoms with van der Waals surface area (Å²) in [5, 5.41) is 0. The summed E-state index contributed by atoms with van der Waals surface area (Å²) >= 11 is 0.519. The van der Waals surface area contributed by atoms with Crippen LogP contribution in [0.2, 0.25) is 0 Å². The predicted molar refractivity (Wildman–Crippen MR) is 32.8 cm³/mol. The van der Waals surface area contributed by atoms with E-state index in [2.05, 4.69) is 0 Å². The van der Waals surface area contributed by atoms with E-state index >= 15 is 0 Å². The third-order valence-corrected chi connectivity index (χ3v) is 1.30. The Morgan fingerprint density at radius 2 is 1.67 bits per heavy atom. The van der Waals surface area contributed by atoms with Crippen molar-refractivity contribution in [3.63, 3.8) is 0 Å². The van der Waals surface area contributed by atoms with Crippen molar-refractivity contribution in [2.75, 3.05) is 0 Å². The summed E-state index contributed by atoms with van der Waals surface area (Å²) in [6.07, 6.45) is 0. The summed E-state index contributed by atoms with van der Waals surface area (Å²) in [4.78, 5) is 0.771. The zero-order valence-corrected chi connectivity index (χ0v) is 8.02. The van der Waals surface area contributed by atoms with Gasteiger partial charge in [-0.15, -0.1) is 4.90 Å². The summed E-state index contributed by atoms with van der Waals surface area (Å²) in [6.45, 7) is 0. The average molecular weight is 148 g/mol. The molecule has 0 unspecified atom stereocenters. The van der Waals surface area contributed by atoms with E-state index in [9.17, 15) is 4.21 Å². The third-order valence-electron chi connectivity index (χ3n) is 0.839. The van der Waals surface area contributed by atoms with Gasteiger partial charge in [-0.2, -0.15) is 0 Å². The van der Waals surface area contributed by atoms with E-state index in [0.717, 1.165) is 4.90 Å². The summed E-state index contributed by atoms with van der Waals surface area (Å²) in [5.74, 6) is 0. The van der Waals surface area contributed by atoms with E-state index in [1.165, 1.54) is 0 Å². The maximum Gasteiger partial charge on any atom is 1.00 e. The quantitative estimate of drug-likeness (QED) is 0.349. The molecule has 0 aliphatic rings. The van der Waals surface area contributed by atoms with Crippen LogP contribution in [0, 0.1) is 0 Å². The van der Waals surface area contributed by atoms with Gasteiger partial charge in [0, 0.05) is 0 Å². The van der Waals surface area contributed by atoms with Crippen LogP contribution in [0.15, 0.2) is 35.2 Å². The molecule has 9 heavy (non-hydrogen) atoms. The zero-order valence-electron chi connectivity index (χ0n) is 5.20. The first-order chi connectivity index (χ1) is 3.93. The molecule has 1 rings (SSSR count). The van der Waals surface area contributed by atoms with Crippen LogP contribution in [0.3, 0.4) is 0 Å². The topological polar surface area (TPSA) is 17.1 Å². The maximum absolute atomic E-state index is 10.0. The van der Waals surface area contributed by atoms with Crippen molar-refractivity contribution < 1.29 is 33.8 Å². The molecule has 0 saturated heterocycles. The Labute approximate surface area is 80.3 Å². The van der Waals surface area contributed by atoms with E-state index < -0.39 is 0 Å². The van der Waals surface area contributed by atoms with Crippen LogP contribution < -0.4 is 29.6 Å². The van der Waals surface area contributed by atoms with E-state index in [0.29, 0.717) is 11.7 Å². The van der Waals surface area contributed by atoms with Gasteiger partial charge in [-0.05, 0) is 0 Å². The monoisotopic (exact) mass is 148 g/mol. The molecule has 0 spiro atoms. The Hall–Kier alpha value is 0.370. The van der Waals surface area contributed by atoms with Gasteiger partial charge in [0.1, 0.15) is 0 Å². The molecule has 0 aliphatic heterocycles. The molecule has 1 aromatic carbocycles. The molecule has 1 aromatic rings. The minimum absolute atomic E-state index is 0. The van der Waals surface area contributed by atoms with E-state index in [-0.39, 0.29) is 29.6 Å². The number of rotatable bonds is 1. The SMILES string of the molecule is O=[S-]c1ccccc1.[Na+]. The van der Waals surface area contributed by atoms with Crippen molar-refractivity contribution in [1.29, 1.82) is 0 Å². The van der Waals surface area contributed by atoms with Crippen LogP contribution in [0.4, 0.5) is 0 Å². The number of hydrogen-bond acceptors (Lipinski definition) is 2. The third kappa shape index (κ3) is 3.16. The summed E-state index contributed by atoms with van der Waals surface area (Å²) < 4.78 is 10.0. The minimum Gasteiger partial charge on any atom is -0.480 e. The van der Waals surface area contributed by atoms with Crippen LogP contribution in [-0.4, -0.2) is 0 Å². The zero-order chi connectivity index (χ0) is 5.82. The number of benzene rings is 1. The summed E-state index contributed by atoms with van der Waals surface area (Å²) in [7, 11) is 0. The van der Waals surface area contributed by atoms with Gasteiger partial charge in [0.2, 0.25) is 0 Å². The van der Waals surface area contributed by atoms with Crippen molar-refractivity contribution in [2.24, 2.45) is 0 Å². The van der Waals surface area contributed by atoms with Crippen LogP contribution in [-0.2, 0) is 15.9 Å². The Bertz CT molecular complexity index is 176. The fourth-order valence-electron chi connectivity index (χ4n) is 0.476. The molecule has 0 N–H and O–H groups in total. The Balaban J connectivity index is 0.000000640. The standard InChI is InChI=1S/C6H5OS.Na/c7-8-6-4-2-1-3-5-6;/h1-5H;/q-1;+1. The molecule has 0 bridgehead atoms. The second-order valence-electron chi connectivity index (χ2n) is 1.40. The molecule has 0 amide bonds. The Morgan fingerprint density at radius 1 is 1.11 bits per heavy atom. The van der Waals surface area contributed by atoms with Gasteiger partial charge in [0.15, 0.2) is 0 Å². The molecular formula is C6H5NaOS. The van der Waals surface area contributed by atoms with Gasteiger partial charge in [0.25, 0.3) is 0 Å². The molecule has 0 saturated carbocycles. The van der Waals surface area contributed by atoms with Crippen molar-refractivity contribution in [3.05, 3.63) is 30.3 Å². The van der Waals surface area contributed by atoms with Gasteiger partial charge in [-0.1, -0.05) is 30.3 Å². The van der Waals surface area contributed by atoms with Gasteiger partial charge in [-0.25, -0.2) is 0 Å². The van der Waals surface area contributed by atoms with E-state index in [1.54, 1.807) is 12.1 Å². The largest absolute Gasteiger partial charge is 1.00 e. The average Bonchev–Trinajstić information content (AvgIpc) is 1.90. The van der Waals surface area contributed by atoms with Crippen molar-refractivity contribution in [2.45, 2.75) is 4.90 Å². The van der Waals surface area contributed by atoms with E-state index in [4.69, 9.17) is 0 Å². The fraction of sp³-hybridized carbons (Fsp3) is 0.